The molecule has 1 fully saturated rings. The number of pyridine rings is 1. The van der Waals surface area contributed by atoms with E-state index in [9.17, 15) is 9.59 Å². The van der Waals surface area contributed by atoms with E-state index >= 15 is 0 Å². The zero-order valence-electron chi connectivity index (χ0n) is 15.5. The highest BCUT2D eigenvalue weighted by atomic mass is 16.2. The number of carbonyl (C=O) groups is 2. The Hall–Kier alpha value is -3.15. The molecule has 2 amide bonds. The first-order chi connectivity index (χ1) is 13.0. The van der Waals surface area contributed by atoms with Crippen LogP contribution in [0.25, 0.3) is 5.65 Å². The molecule has 1 aromatic carbocycles. The highest BCUT2D eigenvalue weighted by Gasteiger charge is 2.34. The largest absolute Gasteiger partial charge is 0.335 e. The summed E-state index contributed by atoms with van der Waals surface area (Å²) in [5, 5.41) is 0. The van der Waals surface area contributed by atoms with Crippen molar-refractivity contribution >= 4 is 17.5 Å². The normalized spacial score (nSPS) is 17.6. The van der Waals surface area contributed by atoms with Gasteiger partial charge in [0, 0.05) is 38.2 Å². The average Bonchev–Trinajstić information content (AvgIpc) is 3.13. The van der Waals surface area contributed by atoms with Gasteiger partial charge in [-0.05, 0) is 31.5 Å². The Bertz CT molecular complexity index is 1010. The van der Waals surface area contributed by atoms with Crippen LogP contribution >= 0.6 is 0 Å². The van der Waals surface area contributed by atoms with Crippen LogP contribution in [-0.4, -0.2) is 50.1 Å². The summed E-state index contributed by atoms with van der Waals surface area (Å²) >= 11 is 0. The van der Waals surface area contributed by atoms with E-state index in [-0.39, 0.29) is 11.8 Å². The minimum absolute atomic E-state index is 0.0141. The Labute approximate surface area is 158 Å². The van der Waals surface area contributed by atoms with Gasteiger partial charge in [0.05, 0.1) is 5.56 Å². The smallest absolute Gasteiger partial charge is 0.256 e. The fraction of sp³-hybridized carbons (Fsp3) is 0.286. The van der Waals surface area contributed by atoms with Crippen molar-refractivity contribution in [1.29, 1.82) is 0 Å². The van der Waals surface area contributed by atoms with Crippen molar-refractivity contribution in [2.45, 2.75) is 26.4 Å². The molecular formula is C21H22N4O2. The molecule has 27 heavy (non-hydrogen) atoms. The number of piperazine rings is 1. The lowest BCUT2D eigenvalue weighted by Crippen LogP contribution is -2.57. The van der Waals surface area contributed by atoms with Crippen molar-refractivity contribution in [3.05, 3.63) is 71.7 Å². The maximum atomic E-state index is 13.0. The van der Waals surface area contributed by atoms with Gasteiger partial charge in [0.1, 0.15) is 11.7 Å². The van der Waals surface area contributed by atoms with E-state index in [2.05, 4.69) is 11.1 Å². The molecule has 0 unspecified atom stereocenters. The molecule has 1 aliphatic heterocycles. The second-order valence-corrected chi connectivity index (χ2v) is 7.03. The summed E-state index contributed by atoms with van der Waals surface area (Å²) in [7, 11) is 0. The number of aromatic nitrogens is 2. The third-order valence-corrected chi connectivity index (χ3v) is 5.10. The number of fused-ring (bicyclic) bond motifs is 1. The van der Waals surface area contributed by atoms with Crippen LogP contribution in [0.5, 0.6) is 0 Å². The van der Waals surface area contributed by atoms with Crippen molar-refractivity contribution in [2.24, 2.45) is 0 Å². The first-order valence-corrected chi connectivity index (χ1v) is 9.11. The molecule has 6 nitrogen and oxygen atoms in total. The molecular weight excluding hydrogens is 340 g/mol. The Balaban J connectivity index is 1.49. The van der Waals surface area contributed by atoms with Crippen LogP contribution in [0.3, 0.4) is 0 Å². The molecule has 2 aromatic heterocycles. The highest BCUT2D eigenvalue weighted by molar-refractivity contribution is 5.98. The molecule has 0 saturated carbocycles. The average molecular weight is 362 g/mol. The second-order valence-electron chi connectivity index (χ2n) is 7.03. The van der Waals surface area contributed by atoms with Crippen LogP contribution in [0.1, 0.15) is 28.4 Å². The van der Waals surface area contributed by atoms with E-state index in [1.807, 2.05) is 40.5 Å². The van der Waals surface area contributed by atoms with Gasteiger partial charge < -0.3 is 14.2 Å². The first-order valence-electron chi connectivity index (χ1n) is 9.11. The van der Waals surface area contributed by atoms with E-state index in [0.717, 1.165) is 11.2 Å². The Morgan fingerprint density at radius 1 is 1.22 bits per heavy atom. The zero-order chi connectivity index (χ0) is 19.0. The van der Waals surface area contributed by atoms with Gasteiger partial charge in [0.15, 0.2) is 0 Å². The van der Waals surface area contributed by atoms with Crippen molar-refractivity contribution in [3.63, 3.8) is 0 Å². The van der Waals surface area contributed by atoms with Crippen LogP contribution in [0, 0.1) is 6.92 Å². The van der Waals surface area contributed by atoms with E-state index in [0.29, 0.717) is 25.2 Å². The Morgan fingerprint density at radius 2 is 2.07 bits per heavy atom. The van der Waals surface area contributed by atoms with Gasteiger partial charge >= 0.3 is 0 Å². The molecule has 1 saturated heterocycles. The summed E-state index contributed by atoms with van der Waals surface area (Å²) in [5.41, 5.74) is 3.64. The van der Waals surface area contributed by atoms with Crippen molar-refractivity contribution in [2.75, 3.05) is 13.1 Å². The minimum atomic E-state index is -0.477. The Kier molecular flexibility index (Phi) is 4.39. The second kappa shape index (κ2) is 6.87. The van der Waals surface area contributed by atoms with Crippen molar-refractivity contribution in [3.8, 4) is 0 Å². The fourth-order valence-electron chi connectivity index (χ4n) is 3.61. The van der Waals surface area contributed by atoms with Gasteiger partial charge in [0.2, 0.25) is 5.91 Å². The minimum Gasteiger partial charge on any atom is -0.335 e. The summed E-state index contributed by atoms with van der Waals surface area (Å²) in [6.07, 6.45) is 5.27. The van der Waals surface area contributed by atoms with Gasteiger partial charge in [-0.25, -0.2) is 4.98 Å². The summed E-state index contributed by atoms with van der Waals surface area (Å²) < 4.78 is 1.81. The summed E-state index contributed by atoms with van der Waals surface area (Å²) in [5.74, 6) is -0.138. The lowest BCUT2D eigenvalue weighted by atomic mass is 10.1. The number of amides is 2. The van der Waals surface area contributed by atoms with Crippen molar-refractivity contribution < 1.29 is 9.59 Å². The van der Waals surface area contributed by atoms with Gasteiger partial charge in [-0.2, -0.15) is 0 Å². The van der Waals surface area contributed by atoms with Crippen molar-refractivity contribution in [1.82, 2.24) is 19.2 Å². The number of aryl methyl sites for hydroxylation is 1. The summed E-state index contributed by atoms with van der Waals surface area (Å²) in [4.78, 5) is 33.5. The standard InChI is InChI=1S/C21H22N4O2/c1-15-4-3-5-17(12-15)13-24-10-11-25(16(2)20(24)26)21(27)18-6-7-19-22-8-9-23(19)14-18/h3-9,12,14,16H,10-11,13H2,1-2H3/t16-/m0/s1. The molecule has 3 heterocycles. The van der Waals surface area contributed by atoms with Crippen LogP contribution in [0.2, 0.25) is 0 Å². The van der Waals surface area contributed by atoms with Crippen LogP contribution in [0.4, 0.5) is 0 Å². The quantitative estimate of drug-likeness (QED) is 0.719. The molecule has 0 radical (unpaired) electrons. The molecule has 138 valence electrons. The molecule has 3 aromatic rings. The van der Waals surface area contributed by atoms with Crippen LogP contribution in [0.15, 0.2) is 55.0 Å². The fourth-order valence-corrected chi connectivity index (χ4v) is 3.61. The van der Waals surface area contributed by atoms with Gasteiger partial charge in [-0.15, -0.1) is 0 Å². The van der Waals surface area contributed by atoms with Crippen LogP contribution < -0.4 is 0 Å². The molecule has 1 aliphatic rings. The number of hydrogen-bond acceptors (Lipinski definition) is 3. The number of rotatable bonds is 3. The molecule has 0 spiro atoms. The van der Waals surface area contributed by atoms with Gasteiger partial charge in [-0.3, -0.25) is 9.59 Å². The van der Waals surface area contributed by atoms with E-state index < -0.39 is 6.04 Å². The molecule has 0 bridgehead atoms. The Morgan fingerprint density at radius 3 is 2.89 bits per heavy atom. The van der Waals surface area contributed by atoms with E-state index in [1.165, 1.54) is 5.56 Å². The topological polar surface area (TPSA) is 57.9 Å². The number of carbonyl (C=O) groups excluding carboxylic acids is 2. The van der Waals surface area contributed by atoms with E-state index in [1.54, 1.807) is 36.5 Å². The lowest BCUT2D eigenvalue weighted by molar-refractivity contribution is -0.140. The number of nitrogens with zero attached hydrogens (tertiary/aromatic N) is 4. The predicted octanol–water partition coefficient (Wildman–Crippen LogP) is 2.52. The maximum absolute atomic E-state index is 13.0. The number of benzene rings is 1. The SMILES string of the molecule is Cc1cccc(CN2CCN(C(=O)c3ccc4nccn4c3)[C@@H](C)C2=O)c1. The zero-order valence-corrected chi connectivity index (χ0v) is 15.5. The van der Waals surface area contributed by atoms with E-state index in [4.69, 9.17) is 0 Å². The molecule has 4 rings (SSSR count). The summed E-state index contributed by atoms with van der Waals surface area (Å²) in [6.45, 7) is 5.49. The summed E-state index contributed by atoms with van der Waals surface area (Å²) in [6, 6.07) is 11.3. The molecule has 6 heteroatoms. The predicted molar refractivity (Wildman–Crippen MR) is 102 cm³/mol. The van der Waals surface area contributed by atoms with Gasteiger partial charge in [0.25, 0.3) is 5.91 Å². The lowest BCUT2D eigenvalue weighted by Gasteiger charge is -2.39. The maximum Gasteiger partial charge on any atom is 0.256 e. The highest BCUT2D eigenvalue weighted by Crippen LogP contribution is 2.18. The first kappa shape index (κ1) is 17.3. The third-order valence-electron chi connectivity index (χ3n) is 5.10. The molecule has 0 N–H and O–H groups in total. The van der Waals surface area contributed by atoms with Gasteiger partial charge in [-0.1, -0.05) is 29.8 Å². The van der Waals surface area contributed by atoms with Crippen LogP contribution in [-0.2, 0) is 11.3 Å². The number of imidazole rings is 1. The molecule has 1 atom stereocenters. The molecule has 0 aliphatic carbocycles. The third kappa shape index (κ3) is 3.30. The monoisotopic (exact) mass is 362 g/mol. The number of hydrogen-bond donors (Lipinski definition) is 0.